The van der Waals surface area contributed by atoms with E-state index in [2.05, 4.69) is 37.3 Å². The average Bonchev–Trinajstić information content (AvgIpc) is 2.49. The second-order valence-electron chi connectivity index (χ2n) is 6.12. The first kappa shape index (κ1) is 18.1. The van der Waals surface area contributed by atoms with Gasteiger partial charge in [0.2, 0.25) is 0 Å². The Morgan fingerprint density at radius 3 is 1.70 bits per heavy atom. The Labute approximate surface area is 137 Å². The number of hydrogen-bond donors (Lipinski definition) is 0. The van der Waals surface area contributed by atoms with Gasteiger partial charge in [0.05, 0.1) is 0 Å². The van der Waals surface area contributed by atoms with Crippen LogP contribution in [0.4, 0.5) is 0 Å². The van der Waals surface area contributed by atoms with Gasteiger partial charge in [-0.2, -0.15) is 0 Å². The van der Waals surface area contributed by atoms with Crippen molar-refractivity contribution in [3.63, 3.8) is 0 Å². The van der Waals surface area contributed by atoms with Crippen LogP contribution in [-0.2, 0) is 0 Å². The molecule has 0 nitrogen and oxygen atoms in total. The van der Waals surface area contributed by atoms with Crippen molar-refractivity contribution in [1.82, 2.24) is 0 Å². The predicted molar refractivity (Wildman–Crippen MR) is 95.9 cm³/mol. The number of unbranched alkanes of at least 4 members (excludes halogenated alkanes) is 10. The van der Waals surface area contributed by atoms with E-state index in [9.17, 15) is 0 Å². The van der Waals surface area contributed by atoms with Crippen LogP contribution >= 0.6 is 0 Å². The Morgan fingerprint density at radius 2 is 1.15 bits per heavy atom. The molecule has 1 heteroatoms. The Bertz CT molecular complexity index is 294. The molecular formula is C19H34Sn. The molecule has 1 rings (SSSR count). The molecule has 1 aromatic carbocycles. The first-order valence-electron chi connectivity index (χ1n) is 8.97. The third-order valence-electron chi connectivity index (χ3n) is 4.16. The van der Waals surface area contributed by atoms with Gasteiger partial charge in [0, 0.05) is 0 Å². The molecule has 0 radical (unpaired) electrons. The van der Waals surface area contributed by atoms with Crippen LogP contribution in [0.5, 0.6) is 0 Å². The summed E-state index contributed by atoms with van der Waals surface area (Å²) in [6.07, 6.45) is 16.1. The predicted octanol–water partition coefficient (Wildman–Crippen LogP) is 5.21. The molecular weight excluding hydrogens is 347 g/mol. The van der Waals surface area contributed by atoms with Crippen molar-refractivity contribution in [2.75, 3.05) is 0 Å². The Kier molecular flexibility index (Phi) is 12.6. The monoisotopic (exact) mass is 382 g/mol. The maximum atomic E-state index is 2.34. The fourth-order valence-corrected chi connectivity index (χ4v) is 7.43. The van der Waals surface area contributed by atoms with Gasteiger partial charge in [0.25, 0.3) is 0 Å². The van der Waals surface area contributed by atoms with Gasteiger partial charge in [0.15, 0.2) is 0 Å². The zero-order chi connectivity index (χ0) is 14.3. The van der Waals surface area contributed by atoms with Gasteiger partial charge < -0.3 is 0 Å². The van der Waals surface area contributed by atoms with E-state index < -0.39 is 21.1 Å². The Balaban J connectivity index is 1.77. The summed E-state index contributed by atoms with van der Waals surface area (Å²) in [5, 5.41) is 0. The summed E-state index contributed by atoms with van der Waals surface area (Å²) < 4.78 is 3.28. The van der Waals surface area contributed by atoms with E-state index in [4.69, 9.17) is 0 Å². The van der Waals surface area contributed by atoms with E-state index in [0.717, 1.165) is 0 Å². The van der Waals surface area contributed by atoms with Crippen molar-refractivity contribution in [2.45, 2.75) is 82.0 Å². The number of hydrogen-bond acceptors (Lipinski definition) is 0. The van der Waals surface area contributed by atoms with Crippen molar-refractivity contribution >= 4 is 24.7 Å². The Hall–Kier alpha value is 0.0187. The molecule has 0 aliphatic heterocycles. The van der Waals surface area contributed by atoms with Gasteiger partial charge in [-0.3, -0.25) is 0 Å². The van der Waals surface area contributed by atoms with Crippen molar-refractivity contribution in [1.29, 1.82) is 0 Å². The minimum absolute atomic E-state index is 0.597. The zero-order valence-corrected chi connectivity index (χ0v) is 17.6. The fourth-order valence-electron chi connectivity index (χ4n) is 2.81. The molecule has 0 saturated heterocycles. The zero-order valence-electron chi connectivity index (χ0n) is 13.6. The quantitative estimate of drug-likeness (QED) is 0.325. The molecule has 0 heterocycles. The summed E-state index contributed by atoms with van der Waals surface area (Å²) in [7, 11) is 0. The standard InChI is InChI=1S/C13H27.C6H5.Sn.2H/c1-3-5-7-9-11-13-12-10-8-6-4-2;1-2-4-6-5-3-1;;;/h1,3-13H2,2H3;1-5H;;;. The second kappa shape index (κ2) is 14.0. The molecule has 0 amide bonds. The van der Waals surface area contributed by atoms with Crippen LogP contribution in [0.3, 0.4) is 0 Å². The molecule has 114 valence electrons. The van der Waals surface area contributed by atoms with E-state index in [1.54, 1.807) is 8.02 Å². The molecule has 0 aliphatic rings. The van der Waals surface area contributed by atoms with Crippen LogP contribution in [0.1, 0.15) is 77.6 Å². The normalized spacial score (nSPS) is 11.4. The Morgan fingerprint density at radius 1 is 0.650 bits per heavy atom. The molecule has 0 fully saturated rings. The van der Waals surface area contributed by atoms with Crippen molar-refractivity contribution in [3.8, 4) is 0 Å². The number of rotatable bonds is 13. The topological polar surface area (TPSA) is 0 Å². The molecule has 0 saturated carbocycles. The van der Waals surface area contributed by atoms with Crippen LogP contribution in [0, 0.1) is 0 Å². The van der Waals surface area contributed by atoms with E-state index in [0.29, 0.717) is 0 Å². The number of benzene rings is 1. The average molecular weight is 381 g/mol. The molecule has 0 spiro atoms. The molecule has 0 aromatic heterocycles. The van der Waals surface area contributed by atoms with Crippen LogP contribution < -0.4 is 3.58 Å². The van der Waals surface area contributed by atoms with Gasteiger partial charge in [-0.25, -0.2) is 0 Å². The maximum absolute atomic E-state index is 2.34. The first-order chi connectivity index (χ1) is 9.93. The molecule has 0 bridgehead atoms. The van der Waals surface area contributed by atoms with E-state index >= 15 is 0 Å². The van der Waals surface area contributed by atoms with Gasteiger partial charge in [-0.05, 0) is 0 Å². The molecule has 20 heavy (non-hydrogen) atoms. The SMILES string of the molecule is CCCCCCCCCCCC[CH2][SnH2][c]1ccccc1. The third kappa shape index (κ3) is 10.8. The van der Waals surface area contributed by atoms with Crippen LogP contribution in [-0.4, -0.2) is 21.1 Å². The van der Waals surface area contributed by atoms with Crippen molar-refractivity contribution in [3.05, 3.63) is 30.3 Å². The van der Waals surface area contributed by atoms with Gasteiger partial charge >= 0.3 is 130 Å². The summed E-state index contributed by atoms with van der Waals surface area (Å²) in [4.78, 5) is 0. The van der Waals surface area contributed by atoms with Gasteiger partial charge in [-0.1, -0.05) is 6.92 Å². The van der Waals surface area contributed by atoms with E-state index in [1.165, 1.54) is 70.6 Å². The summed E-state index contributed by atoms with van der Waals surface area (Å²) in [5.74, 6) is 0. The summed E-state index contributed by atoms with van der Waals surface area (Å²) >= 11 is -0.597. The summed E-state index contributed by atoms with van der Waals surface area (Å²) in [5.41, 5.74) is 0. The molecule has 0 atom stereocenters. The van der Waals surface area contributed by atoms with Gasteiger partial charge in [-0.15, -0.1) is 0 Å². The van der Waals surface area contributed by atoms with Crippen molar-refractivity contribution < 1.29 is 0 Å². The molecule has 1 aromatic rings. The summed E-state index contributed by atoms with van der Waals surface area (Å²) in [6.45, 7) is 2.29. The molecule has 0 N–H and O–H groups in total. The second-order valence-corrected chi connectivity index (χ2v) is 11.9. The third-order valence-corrected chi connectivity index (χ3v) is 9.59. The fraction of sp³-hybridized carbons (Fsp3) is 0.684. The van der Waals surface area contributed by atoms with E-state index in [-0.39, 0.29) is 0 Å². The molecule has 0 aliphatic carbocycles. The van der Waals surface area contributed by atoms with E-state index in [1.807, 2.05) is 0 Å². The van der Waals surface area contributed by atoms with Crippen molar-refractivity contribution in [2.24, 2.45) is 0 Å². The van der Waals surface area contributed by atoms with Crippen LogP contribution in [0.25, 0.3) is 0 Å². The summed E-state index contributed by atoms with van der Waals surface area (Å²) in [6, 6.07) is 11.2. The van der Waals surface area contributed by atoms with Gasteiger partial charge in [0.1, 0.15) is 0 Å². The molecule has 0 unspecified atom stereocenters. The van der Waals surface area contributed by atoms with Crippen LogP contribution in [0.15, 0.2) is 30.3 Å². The van der Waals surface area contributed by atoms with Crippen LogP contribution in [0.2, 0.25) is 4.44 Å². The minimum atomic E-state index is -0.597. The first-order valence-corrected chi connectivity index (χ1v) is 13.8.